The van der Waals surface area contributed by atoms with E-state index in [1.54, 1.807) is 0 Å². The van der Waals surface area contributed by atoms with Crippen molar-refractivity contribution < 1.29 is 0 Å². The molecule has 1 saturated carbocycles. The van der Waals surface area contributed by atoms with Gasteiger partial charge in [0.1, 0.15) is 0 Å². The Kier molecular flexibility index (Phi) is 6.46. The molecule has 0 aliphatic heterocycles. The summed E-state index contributed by atoms with van der Waals surface area (Å²) < 4.78 is 0. The van der Waals surface area contributed by atoms with E-state index in [2.05, 4.69) is 27.7 Å². The Labute approximate surface area is 103 Å². The molecule has 0 saturated heterocycles. The minimum Gasteiger partial charge on any atom is -0.0654 e. The third kappa shape index (κ3) is 4.89. The predicted octanol–water partition coefficient (Wildman–Crippen LogP) is 5.67. The summed E-state index contributed by atoms with van der Waals surface area (Å²) in [6, 6.07) is 0. The lowest BCUT2D eigenvalue weighted by Gasteiger charge is -2.31. The highest BCUT2D eigenvalue weighted by atomic mass is 14.3. The van der Waals surface area contributed by atoms with E-state index in [0.717, 1.165) is 23.7 Å². The number of hydrogen-bond acceptors (Lipinski definition) is 0. The van der Waals surface area contributed by atoms with E-state index in [4.69, 9.17) is 0 Å². The van der Waals surface area contributed by atoms with Crippen molar-refractivity contribution in [1.82, 2.24) is 0 Å². The monoisotopic (exact) mass is 224 g/mol. The molecule has 0 aromatic carbocycles. The largest absolute Gasteiger partial charge is 0.0654 e. The summed E-state index contributed by atoms with van der Waals surface area (Å²) in [7, 11) is 0. The van der Waals surface area contributed by atoms with Crippen LogP contribution in [0.25, 0.3) is 0 Å². The average Bonchev–Trinajstić information content (AvgIpc) is 2.27. The molecular formula is C16H32. The van der Waals surface area contributed by atoms with Crippen LogP contribution in [0.5, 0.6) is 0 Å². The summed E-state index contributed by atoms with van der Waals surface area (Å²) >= 11 is 0. The second-order valence-electron chi connectivity index (χ2n) is 6.47. The van der Waals surface area contributed by atoms with Gasteiger partial charge < -0.3 is 0 Å². The highest BCUT2D eigenvalue weighted by Crippen LogP contribution is 2.35. The second-order valence-corrected chi connectivity index (χ2v) is 6.47. The maximum absolute atomic E-state index is 2.50. The third-order valence-electron chi connectivity index (χ3n) is 4.76. The van der Waals surface area contributed by atoms with E-state index < -0.39 is 0 Å². The first-order valence-corrected chi connectivity index (χ1v) is 7.63. The molecule has 96 valence electrons. The van der Waals surface area contributed by atoms with Gasteiger partial charge in [-0.3, -0.25) is 0 Å². The van der Waals surface area contributed by atoms with E-state index in [0.29, 0.717) is 0 Å². The Morgan fingerprint density at radius 3 is 2.12 bits per heavy atom. The van der Waals surface area contributed by atoms with E-state index in [1.807, 2.05) is 0 Å². The Bertz CT molecular complexity index is 165. The molecule has 0 spiro atoms. The molecule has 0 heterocycles. The normalized spacial score (nSPS) is 30.0. The minimum atomic E-state index is 0.954. The van der Waals surface area contributed by atoms with Crippen LogP contribution < -0.4 is 0 Å². The minimum absolute atomic E-state index is 0.954. The van der Waals surface area contributed by atoms with Gasteiger partial charge in [0.25, 0.3) is 0 Å². The van der Waals surface area contributed by atoms with Crippen molar-refractivity contribution in [3.8, 4) is 0 Å². The van der Waals surface area contributed by atoms with Crippen molar-refractivity contribution in [3.05, 3.63) is 0 Å². The van der Waals surface area contributed by atoms with Crippen LogP contribution in [0.2, 0.25) is 0 Å². The molecule has 0 bridgehead atoms. The van der Waals surface area contributed by atoms with Gasteiger partial charge >= 0.3 is 0 Å². The van der Waals surface area contributed by atoms with Crippen LogP contribution >= 0.6 is 0 Å². The van der Waals surface area contributed by atoms with Crippen LogP contribution in [-0.4, -0.2) is 0 Å². The van der Waals surface area contributed by atoms with Crippen molar-refractivity contribution in [2.75, 3.05) is 0 Å². The van der Waals surface area contributed by atoms with Gasteiger partial charge in [0.2, 0.25) is 0 Å². The molecule has 1 aliphatic rings. The first-order chi connectivity index (χ1) is 7.63. The van der Waals surface area contributed by atoms with Gasteiger partial charge in [-0.2, -0.15) is 0 Å². The number of hydrogen-bond donors (Lipinski definition) is 0. The number of rotatable bonds is 6. The van der Waals surface area contributed by atoms with Crippen LogP contribution in [0, 0.1) is 23.7 Å². The Morgan fingerprint density at radius 2 is 1.56 bits per heavy atom. The second kappa shape index (κ2) is 7.35. The molecule has 2 unspecified atom stereocenters. The maximum Gasteiger partial charge on any atom is -0.0388 e. The zero-order valence-corrected chi connectivity index (χ0v) is 12.0. The summed E-state index contributed by atoms with van der Waals surface area (Å²) in [6.07, 6.45) is 11.7. The van der Waals surface area contributed by atoms with Crippen LogP contribution in [0.15, 0.2) is 0 Å². The Balaban J connectivity index is 2.16. The van der Waals surface area contributed by atoms with Crippen molar-refractivity contribution in [3.63, 3.8) is 0 Å². The zero-order chi connectivity index (χ0) is 12.0. The summed E-state index contributed by atoms with van der Waals surface area (Å²) in [4.78, 5) is 0. The zero-order valence-electron chi connectivity index (χ0n) is 12.0. The summed E-state index contributed by atoms with van der Waals surface area (Å²) in [5.41, 5.74) is 0. The smallest absolute Gasteiger partial charge is 0.0388 e. The lowest BCUT2D eigenvalue weighted by molar-refractivity contribution is 0.207. The van der Waals surface area contributed by atoms with Gasteiger partial charge in [-0.05, 0) is 36.5 Å². The molecule has 16 heavy (non-hydrogen) atoms. The fraction of sp³-hybridized carbons (Fsp3) is 1.00. The van der Waals surface area contributed by atoms with Crippen molar-refractivity contribution in [2.24, 2.45) is 23.7 Å². The fourth-order valence-electron chi connectivity index (χ4n) is 3.28. The van der Waals surface area contributed by atoms with Crippen molar-refractivity contribution >= 4 is 0 Å². The molecule has 0 aromatic heterocycles. The van der Waals surface area contributed by atoms with E-state index in [1.165, 1.54) is 51.4 Å². The molecule has 0 nitrogen and oxygen atoms in total. The van der Waals surface area contributed by atoms with Crippen LogP contribution in [0.3, 0.4) is 0 Å². The molecule has 0 amide bonds. The maximum atomic E-state index is 2.50. The molecule has 0 N–H and O–H groups in total. The Morgan fingerprint density at radius 1 is 0.938 bits per heavy atom. The van der Waals surface area contributed by atoms with Crippen molar-refractivity contribution in [1.29, 1.82) is 0 Å². The van der Waals surface area contributed by atoms with Crippen molar-refractivity contribution in [2.45, 2.75) is 79.1 Å². The van der Waals surface area contributed by atoms with E-state index in [9.17, 15) is 0 Å². The topological polar surface area (TPSA) is 0 Å². The summed E-state index contributed by atoms with van der Waals surface area (Å²) in [6.45, 7) is 9.66. The van der Waals surface area contributed by atoms with E-state index in [-0.39, 0.29) is 0 Å². The van der Waals surface area contributed by atoms with Gasteiger partial charge in [-0.25, -0.2) is 0 Å². The molecule has 0 aromatic rings. The Hall–Kier alpha value is 0. The highest BCUT2D eigenvalue weighted by Gasteiger charge is 2.23. The quantitative estimate of drug-likeness (QED) is 0.545. The van der Waals surface area contributed by atoms with Gasteiger partial charge in [0.15, 0.2) is 0 Å². The van der Waals surface area contributed by atoms with Gasteiger partial charge in [-0.1, -0.05) is 66.2 Å². The van der Waals surface area contributed by atoms with Gasteiger partial charge in [-0.15, -0.1) is 0 Å². The van der Waals surface area contributed by atoms with Gasteiger partial charge in [0, 0.05) is 0 Å². The van der Waals surface area contributed by atoms with E-state index >= 15 is 0 Å². The fourth-order valence-corrected chi connectivity index (χ4v) is 3.28. The molecule has 1 rings (SSSR count). The molecule has 0 heteroatoms. The van der Waals surface area contributed by atoms with Crippen LogP contribution in [0.1, 0.15) is 79.1 Å². The molecule has 2 atom stereocenters. The molecule has 0 radical (unpaired) electrons. The lowest BCUT2D eigenvalue weighted by atomic mass is 9.75. The predicted molar refractivity (Wildman–Crippen MR) is 73.6 cm³/mol. The third-order valence-corrected chi connectivity index (χ3v) is 4.76. The first kappa shape index (κ1) is 14.1. The molecular weight excluding hydrogens is 192 g/mol. The van der Waals surface area contributed by atoms with Crippen LogP contribution in [0.4, 0.5) is 0 Å². The average molecular weight is 224 g/mol. The SMILES string of the molecule is CCCC(C)CCC(C)C1CCC(C)CC1. The van der Waals surface area contributed by atoms with Gasteiger partial charge in [0.05, 0.1) is 0 Å². The molecule has 1 fully saturated rings. The summed E-state index contributed by atoms with van der Waals surface area (Å²) in [5.74, 6) is 3.98. The molecule has 1 aliphatic carbocycles. The standard InChI is InChI=1S/C16H32/c1-5-6-13(2)7-10-15(4)16-11-8-14(3)9-12-16/h13-16H,5-12H2,1-4H3. The highest BCUT2D eigenvalue weighted by molar-refractivity contribution is 4.74. The lowest BCUT2D eigenvalue weighted by Crippen LogP contribution is -2.19. The first-order valence-electron chi connectivity index (χ1n) is 7.63. The van der Waals surface area contributed by atoms with Crippen LogP contribution in [-0.2, 0) is 0 Å². The summed E-state index contributed by atoms with van der Waals surface area (Å²) in [5, 5.41) is 0.